The summed E-state index contributed by atoms with van der Waals surface area (Å²) in [4.78, 5) is 36.9. The number of ether oxygens (including phenoxy) is 3. The minimum absolute atomic E-state index is 0.176. The van der Waals surface area contributed by atoms with E-state index in [1.165, 1.54) is 0 Å². The summed E-state index contributed by atoms with van der Waals surface area (Å²) in [7, 11) is 2.18. The molecular weight excluding hydrogens is 360 g/mol. The summed E-state index contributed by atoms with van der Waals surface area (Å²) in [6.07, 6.45) is 3.67. The van der Waals surface area contributed by atoms with Crippen LogP contribution in [-0.4, -0.2) is 59.9 Å². The fourth-order valence-corrected chi connectivity index (χ4v) is 2.47. The van der Waals surface area contributed by atoms with Crippen LogP contribution in [0.25, 0.3) is 0 Å². The zero-order valence-electron chi connectivity index (χ0n) is 15.2. The lowest BCUT2D eigenvalue weighted by Crippen LogP contribution is -2.46. The van der Waals surface area contributed by atoms with Gasteiger partial charge in [-0.3, -0.25) is 0 Å². The van der Waals surface area contributed by atoms with Crippen molar-refractivity contribution in [2.45, 2.75) is 38.1 Å². The van der Waals surface area contributed by atoms with Crippen molar-refractivity contribution in [1.82, 2.24) is 15.4 Å². The van der Waals surface area contributed by atoms with Crippen LogP contribution in [0.3, 0.4) is 0 Å². The fourth-order valence-electron chi connectivity index (χ4n) is 2.47. The van der Waals surface area contributed by atoms with Gasteiger partial charge in [0.25, 0.3) is 5.54 Å². The molecule has 1 aromatic rings. The molecule has 1 atom stereocenters. The fraction of sp³-hybridized carbons (Fsp3) is 0.600. The number of aromatic nitrogens is 3. The number of aromatic amines is 1. The van der Waals surface area contributed by atoms with Crippen molar-refractivity contribution in [3.05, 3.63) is 11.4 Å². The lowest BCUT2D eigenvalue weighted by Gasteiger charge is -2.20. The average Bonchev–Trinajstić information content (AvgIpc) is 3.33. The molecule has 0 radical (unpaired) electrons. The van der Waals surface area contributed by atoms with Crippen molar-refractivity contribution < 1.29 is 28.6 Å². The molecule has 1 aromatic heterocycles. The molecule has 0 bridgehead atoms. The Morgan fingerprint density at radius 1 is 1.04 bits per heavy atom. The van der Waals surface area contributed by atoms with Gasteiger partial charge in [-0.2, -0.15) is 10.3 Å². The number of carbonyl (C=O) groups excluding carboxylic acids is 3. The van der Waals surface area contributed by atoms with Gasteiger partial charge in [0.15, 0.2) is 11.4 Å². The monoisotopic (exact) mass is 380 g/mol. The van der Waals surface area contributed by atoms with Gasteiger partial charge < -0.3 is 14.2 Å². The standard InChI is InChI=1S/C15H20N6O6/c1-4-5-6-7-8-27-12(22)9-10(17-20-16-9)15(14(24)26-3)11(13(23)25-2)18-21-19-15/h4-8H2,1-3H3,(H,16,17,20). The van der Waals surface area contributed by atoms with Gasteiger partial charge in [0.2, 0.25) is 0 Å². The molecule has 12 heteroatoms. The van der Waals surface area contributed by atoms with Crippen LogP contribution < -0.4 is 0 Å². The first-order valence-corrected chi connectivity index (χ1v) is 8.28. The van der Waals surface area contributed by atoms with Crippen LogP contribution in [0.5, 0.6) is 0 Å². The number of nitrogens with zero attached hydrogens (tertiary/aromatic N) is 5. The number of esters is 3. The maximum atomic E-state index is 12.5. The molecule has 0 saturated heterocycles. The minimum atomic E-state index is -2.20. The number of hydrogen-bond donors (Lipinski definition) is 1. The topological polar surface area (TPSA) is 158 Å². The van der Waals surface area contributed by atoms with Crippen LogP contribution in [-0.2, 0) is 29.3 Å². The largest absolute Gasteiger partial charge is 0.467 e. The predicted molar refractivity (Wildman–Crippen MR) is 88.8 cm³/mol. The van der Waals surface area contributed by atoms with Crippen molar-refractivity contribution in [3.8, 4) is 0 Å². The van der Waals surface area contributed by atoms with Crippen LogP contribution in [0.1, 0.15) is 48.8 Å². The summed E-state index contributed by atoms with van der Waals surface area (Å²) in [6, 6.07) is 0. The molecule has 146 valence electrons. The van der Waals surface area contributed by atoms with E-state index in [1.807, 2.05) is 0 Å². The molecule has 2 heterocycles. The van der Waals surface area contributed by atoms with E-state index in [0.717, 1.165) is 33.5 Å². The quantitative estimate of drug-likeness (QED) is 0.376. The van der Waals surface area contributed by atoms with Gasteiger partial charge in [-0.15, -0.1) is 15.3 Å². The van der Waals surface area contributed by atoms with E-state index in [2.05, 4.69) is 42.5 Å². The van der Waals surface area contributed by atoms with Crippen LogP contribution in [0, 0.1) is 0 Å². The van der Waals surface area contributed by atoms with E-state index >= 15 is 0 Å². The maximum absolute atomic E-state index is 12.5. The Hall–Kier alpha value is -3.18. The van der Waals surface area contributed by atoms with Crippen LogP contribution >= 0.6 is 0 Å². The SMILES string of the molecule is CCCCCCOC(=O)c1n[nH]nc1C1(C(=O)OC)N=NN=C1C(=O)OC. The molecule has 1 aliphatic rings. The van der Waals surface area contributed by atoms with Crippen molar-refractivity contribution in [3.63, 3.8) is 0 Å². The Bertz CT molecular complexity index is 773. The molecule has 27 heavy (non-hydrogen) atoms. The third kappa shape index (κ3) is 3.83. The molecule has 0 aliphatic carbocycles. The number of nitrogens with one attached hydrogen (secondary N) is 1. The Balaban J connectivity index is 2.32. The van der Waals surface area contributed by atoms with E-state index < -0.39 is 29.2 Å². The highest BCUT2D eigenvalue weighted by Gasteiger charge is 2.58. The second kappa shape index (κ2) is 8.96. The average molecular weight is 380 g/mol. The van der Waals surface area contributed by atoms with Gasteiger partial charge >= 0.3 is 17.9 Å². The normalized spacial score (nSPS) is 18.1. The van der Waals surface area contributed by atoms with Crippen LogP contribution in [0.15, 0.2) is 15.4 Å². The molecule has 12 nitrogen and oxygen atoms in total. The number of unbranched alkanes of at least 4 members (excludes halogenated alkanes) is 3. The molecule has 1 N–H and O–H groups in total. The maximum Gasteiger partial charge on any atom is 0.360 e. The smallest absolute Gasteiger partial charge is 0.360 e. The van der Waals surface area contributed by atoms with E-state index in [9.17, 15) is 14.4 Å². The Morgan fingerprint density at radius 2 is 1.81 bits per heavy atom. The van der Waals surface area contributed by atoms with Crippen molar-refractivity contribution in [2.75, 3.05) is 20.8 Å². The molecule has 0 saturated carbocycles. The predicted octanol–water partition coefficient (Wildman–Crippen LogP) is 0.905. The lowest BCUT2D eigenvalue weighted by molar-refractivity contribution is -0.146. The summed E-state index contributed by atoms with van der Waals surface area (Å²) in [6.45, 7) is 2.24. The van der Waals surface area contributed by atoms with Gasteiger partial charge in [-0.25, -0.2) is 14.4 Å². The van der Waals surface area contributed by atoms with Gasteiger partial charge in [0.05, 0.1) is 20.8 Å². The first-order chi connectivity index (χ1) is 13.0. The van der Waals surface area contributed by atoms with Crippen molar-refractivity contribution in [2.24, 2.45) is 15.4 Å². The molecule has 0 aromatic carbocycles. The highest BCUT2D eigenvalue weighted by molar-refractivity contribution is 6.44. The highest BCUT2D eigenvalue weighted by atomic mass is 16.5. The van der Waals surface area contributed by atoms with Gasteiger partial charge in [-0.1, -0.05) is 26.2 Å². The van der Waals surface area contributed by atoms with E-state index in [1.54, 1.807) is 0 Å². The Labute approximate surface area is 154 Å². The van der Waals surface area contributed by atoms with Gasteiger partial charge in [0, 0.05) is 0 Å². The zero-order chi connectivity index (χ0) is 19.9. The molecule has 0 amide bonds. The number of methoxy groups -OCH3 is 2. The van der Waals surface area contributed by atoms with E-state index in [-0.39, 0.29) is 18.0 Å². The minimum Gasteiger partial charge on any atom is -0.467 e. The van der Waals surface area contributed by atoms with E-state index in [0.29, 0.717) is 6.42 Å². The Morgan fingerprint density at radius 3 is 2.48 bits per heavy atom. The lowest BCUT2D eigenvalue weighted by atomic mass is 9.89. The van der Waals surface area contributed by atoms with E-state index in [4.69, 9.17) is 9.47 Å². The van der Waals surface area contributed by atoms with Crippen LogP contribution in [0.2, 0.25) is 0 Å². The van der Waals surface area contributed by atoms with Gasteiger partial charge in [0.1, 0.15) is 5.69 Å². The molecule has 1 aliphatic heterocycles. The summed E-state index contributed by atoms with van der Waals surface area (Å²) in [5, 5.41) is 20.4. The summed E-state index contributed by atoms with van der Waals surface area (Å²) >= 11 is 0. The number of rotatable bonds is 9. The first-order valence-electron chi connectivity index (χ1n) is 8.28. The molecule has 0 fully saturated rings. The van der Waals surface area contributed by atoms with Gasteiger partial charge in [-0.05, 0) is 11.6 Å². The molecule has 0 spiro atoms. The van der Waals surface area contributed by atoms with Crippen LogP contribution in [0.4, 0.5) is 0 Å². The third-order valence-electron chi connectivity index (χ3n) is 3.86. The van der Waals surface area contributed by atoms with Crippen molar-refractivity contribution in [1.29, 1.82) is 0 Å². The zero-order valence-corrected chi connectivity index (χ0v) is 15.2. The summed E-state index contributed by atoms with van der Waals surface area (Å²) < 4.78 is 14.5. The molecule has 1 unspecified atom stereocenters. The summed E-state index contributed by atoms with van der Waals surface area (Å²) in [5.41, 5.74) is -3.33. The number of hydrogen-bond acceptors (Lipinski definition) is 11. The number of H-pyrrole nitrogens is 1. The highest BCUT2D eigenvalue weighted by Crippen LogP contribution is 2.34. The third-order valence-corrected chi connectivity index (χ3v) is 3.86. The summed E-state index contributed by atoms with van der Waals surface area (Å²) in [5.74, 6) is -2.84. The molecule has 2 rings (SSSR count). The second-order valence-electron chi connectivity index (χ2n) is 5.55. The number of carbonyl (C=O) groups is 3. The molecular formula is C15H20N6O6. The first kappa shape index (κ1) is 20.1. The Kier molecular flexibility index (Phi) is 6.68. The second-order valence-corrected chi connectivity index (χ2v) is 5.55. The van der Waals surface area contributed by atoms with Crippen molar-refractivity contribution >= 4 is 23.6 Å².